The van der Waals surface area contributed by atoms with E-state index in [4.69, 9.17) is 14.2 Å². The first-order chi connectivity index (χ1) is 11.2. The van der Waals surface area contributed by atoms with Crippen LogP contribution in [0.2, 0.25) is 0 Å². The summed E-state index contributed by atoms with van der Waals surface area (Å²) in [6.45, 7) is 4.95. The van der Waals surface area contributed by atoms with Crippen molar-refractivity contribution in [1.82, 2.24) is 4.90 Å². The third kappa shape index (κ3) is 4.69. The molecule has 1 amide bonds. The zero-order valence-corrected chi connectivity index (χ0v) is 13.6. The van der Waals surface area contributed by atoms with Gasteiger partial charge in [0.1, 0.15) is 12.6 Å². The lowest BCUT2D eigenvalue weighted by Crippen LogP contribution is -2.41. The first kappa shape index (κ1) is 17.3. The lowest BCUT2D eigenvalue weighted by atomic mass is 10.2. The minimum absolute atomic E-state index is 0.168. The number of ether oxygens (including phenoxy) is 3. The van der Waals surface area contributed by atoms with Gasteiger partial charge in [0.25, 0.3) is 0 Å². The molecule has 0 bridgehead atoms. The minimum atomic E-state index is -0.644. The van der Waals surface area contributed by atoms with Gasteiger partial charge in [0, 0.05) is 13.0 Å². The summed E-state index contributed by atoms with van der Waals surface area (Å²) in [6, 6.07) is 8.77. The number of carbonyl (C=O) groups excluding carboxylic acids is 2. The van der Waals surface area contributed by atoms with Gasteiger partial charge in [-0.05, 0) is 19.4 Å². The van der Waals surface area contributed by atoms with Crippen molar-refractivity contribution in [3.63, 3.8) is 0 Å². The molecule has 6 nitrogen and oxygen atoms in total. The Morgan fingerprint density at radius 1 is 1.13 bits per heavy atom. The molecule has 1 aliphatic rings. The van der Waals surface area contributed by atoms with Gasteiger partial charge in [0.2, 0.25) is 0 Å². The highest BCUT2D eigenvalue weighted by atomic mass is 16.6. The molecule has 1 aromatic carbocycles. The van der Waals surface area contributed by atoms with Crippen LogP contribution in [0.5, 0.6) is 0 Å². The Morgan fingerprint density at radius 3 is 2.52 bits per heavy atom. The fourth-order valence-electron chi connectivity index (χ4n) is 2.62. The van der Waals surface area contributed by atoms with Crippen LogP contribution >= 0.6 is 0 Å². The van der Waals surface area contributed by atoms with Crippen LogP contribution < -0.4 is 0 Å². The number of benzene rings is 1. The van der Waals surface area contributed by atoms with Gasteiger partial charge in [0.15, 0.2) is 0 Å². The van der Waals surface area contributed by atoms with E-state index >= 15 is 0 Å². The number of amides is 1. The molecule has 1 aromatic rings. The molecule has 6 heteroatoms. The topological polar surface area (TPSA) is 65.1 Å². The smallest absolute Gasteiger partial charge is 0.410 e. The highest BCUT2D eigenvalue weighted by molar-refractivity contribution is 5.82. The largest absolute Gasteiger partial charge is 0.464 e. The average Bonchev–Trinajstić information content (AvgIpc) is 2.98. The number of esters is 1. The molecule has 0 spiro atoms. The Morgan fingerprint density at radius 2 is 1.87 bits per heavy atom. The monoisotopic (exact) mass is 321 g/mol. The second-order valence-electron chi connectivity index (χ2n) is 5.27. The van der Waals surface area contributed by atoms with Crippen LogP contribution in [0.4, 0.5) is 4.79 Å². The maximum Gasteiger partial charge on any atom is 0.410 e. The number of hydrogen-bond donors (Lipinski definition) is 0. The van der Waals surface area contributed by atoms with E-state index in [9.17, 15) is 9.59 Å². The molecule has 126 valence electrons. The van der Waals surface area contributed by atoms with Crippen molar-refractivity contribution >= 4 is 12.1 Å². The fraction of sp³-hybridized carbons (Fsp3) is 0.529. The molecular formula is C17H23NO5. The van der Waals surface area contributed by atoms with Crippen LogP contribution in [0.3, 0.4) is 0 Å². The number of likely N-dealkylation sites (tertiary alicyclic amines) is 1. The minimum Gasteiger partial charge on any atom is -0.464 e. The highest BCUT2D eigenvalue weighted by Gasteiger charge is 2.41. The number of rotatable bonds is 6. The van der Waals surface area contributed by atoms with Crippen molar-refractivity contribution in [2.75, 3.05) is 19.8 Å². The van der Waals surface area contributed by atoms with Gasteiger partial charge in [-0.1, -0.05) is 30.3 Å². The molecule has 0 aliphatic carbocycles. The van der Waals surface area contributed by atoms with Gasteiger partial charge in [-0.25, -0.2) is 9.59 Å². The summed E-state index contributed by atoms with van der Waals surface area (Å²) in [5.74, 6) is -0.411. The SMILES string of the molecule is CCOC(=O)C1C[C@@H](OCC)CN1C(=O)OCc1ccccc1. The summed E-state index contributed by atoms with van der Waals surface area (Å²) in [5.41, 5.74) is 0.897. The van der Waals surface area contributed by atoms with Crippen LogP contribution in [0.25, 0.3) is 0 Å². The molecule has 0 radical (unpaired) electrons. The molecule has 1 unspecified atom stereocenters. The van der Waals surface area contributed by atoms with Gasteiger partial charge in [-0.3, -0.25) is 4.90 Å². The molecule has 1 fully saturated rings. The molecule has 1 saturated heterocycles. The zero-order valence-electron chi connectivity index (χ0n) is 13.6. The second kappa shape index (κ2) is 8.53. The zero-order chi connectivity index (χ0) is 16.7. The molecule has 0 N–H and O–H groups in total. The first-order valence-electron chi connectivity index (χ1n) is 7.91. The van der Waals surface area contributed by atoms with E-state index in [1.54, 1.807) is 6.92 Å². The van der Waals surface area contributed by atoms with E-state index in [1.807, 2.05) is 37.3 Å². The summed E-state index contributed by atoms with van der Waals surface area (Å²) in [4.78, 5) is 25.8. The van der Waals surface area contributed by atoms with Crippen molar-refractivity contribution < 1.29 is 23.8 Å². The lowest BCUT2D eigenvalue weighted by molar-refractivity contribution is -0.148. The lowest BCUT2D eigenvalue weighted by Gasteiger charge is -2.22. The molecule has 1 aliphatic heterocycles. The highest BCUT2D eigenvalue weighted by Crippen LogP contribution is 2.23. The van der Waals surface area contributed by atoms with Crippen LogP contribution in [-0.2, 0) is 25.6 Å². The molecular weight excluding hydrogens is 298 g/mol. The molecule has 0 saturated carbocycles. The summed E-state index contributed by atoms with van der Waals surface area (Å²) >= 11 is 0. The molecule has 23 heavy (non-hydrogen) atoms. The molecule has 1 heterocycles. The third-order valence-corrected chi connectivity index (χ3v) is 3.66. The van der Waals surface area contributed by atoms with Crippen molar-refractivity contribution in [2.45, 2.75) is 39.0 Å². The van der Waals surface area contributed by atoms with E-state index in [-0.39, 0.29) is 19.3 Å². The predicted octanol–water partition coefficient (Wildman–Crippen LogP) is 2.37. The Bertz CT molecular complexity index is 519. The first-order valence-corrected chi connectivity index (χ1v) is 7.91. The molecule has 2 atom stereocenters. The van der Waals surface area contributed by atoms with E-state index in [0.29, 0.717) is 19.6 Å². The predicted molar refractivity (Wildman–Crippen MR) is 83.8 cm³/mol. The Labute approximate surface area is 136 Å². The van der Waals surface area contributed by atoms with E-state index in [1.165, 1.54) is 4.90 Å². The summed E-state index contributed by atoms with van der Waals surface area (Å²) in [6.07, 6.45) is -0.250. The van der Waals surface area contributed by atoms with Gasteiger partial charge in [0.05, 0.1) is 19.3 Å². The van der Waals surface area contributed by atoms with Crippen molar-refractivity contribution in [1.29, 1.82) is 0 Å². The van der Waals surface area contributed by atoms with Crippen molar-refractivity contribution in [3.8, 4) is 0 Å². The maximum absolute atomic E-state index is 12.3. The van der Waals surface area contributed by atoms with Gasteiger partial charge in [-0.2, -0.15) is 0 Å². The normalized spacial score (nSPS) is 20.3. The number of carbonyl (C=O) groups is 2. The summed E-state index contributed by atoms with van der Waals surface area (Å²) < 4.78 is 15.9. The number of hydrogen-bond acceptors (Lipinski definition) is 5. The van der Waals surface area contributed by atoms with Gasteiger partial charge < -0.3 is 14.2 Å². The Balaban J connectivity index is 1.98. The maximum atomic E-state index is 12.3. The van der Waals surface area contributed by atoms with Crippen LogP contribution in [0.1, 0.15) is 25.8 Å². The quantitative estimate of drug-likeness (QED) is 0.753. The molecule has 0 aromatic heterocycles. The van der Waals surface area contributed by atoms with Gasteiger partial charge >= 0.3 is 12.1 Å². The van der Waals surface area contributed by atoms with Crippen LogP contribution in [0, 0.1) is 0 Å². The van der Waals surface area contributed by atoms with Gasteiger partial charge in [-0.15, -0.1) is 0 Å². The standard InChI is InChI=1S/C17H23NO5/c1-3-21-14-10-15(16(19)22-4-2)18(11-14)17(20)23-12-13-8-6-5-7-9-13/h5-9,14-15H,3-4,10-12H2,1-2H3/t14-,15?/m1/s1. The average molecular weight is 321 g/mol. The van der Waals surface area contributed by atoms with Crippen molar-refractivity contribution in [3.05, 3.63) is 35.9 Å². The van der Waals surface area contributed by atoms with Crippen LogP contribution in [-0.4, -0.2) is 48.9 Å². The fourth-order valence-corrected chi connectivity index (χ4v) is 2.62. The van der Waals surface area contributed by atoms with E-state index in [0.717, 1.165) is 5.56 Å². The van der Waals surface area contributed by atoms with Crippen molar-refractivity contribution in [2.24, 2.45) is 0 Å². The third-order valence-electron chi connectivity index (χ3n) is 3.66. The van der Waals surface area contributed by atoms with Crippen LogP contribution in [0.15, 0.2) is 30.3 Å². The number of nitrogens with zero attached hydrogens (tertiary/aromatic N) is 1. The van der Waals surface area contributed by atoms with E-state index in [2.05, 4.69) is 0 Å². The Kier molecular flexibility index (Phi) is 6.40. The van der Waals surface area contributed by atoms with E-state index < -0.39 is 18.1 Å². The second-order valence-corrected chi connectivity index (χ2v) is 5.27. The molecule has 2 rings (SSSR count). The Hall–Kier alpha value is -2.08. The summed E-state index contributed by atoms with van der Waals surface area (Å²) in [7, 11) is 0. The summed E-state index contributed by atoms with van der Waals surface area (Å²) in [5, 5.41) is 0.